The summed E-state index contributed by atoms with van der Waals surface area (Å²) in [5, 5.41) is 4.53. The van der Waals surface area contributed by atoms with Crippen molar-refractivity contribution in [3.8, 4) is 0 Å². The molecule has 0 saturated heterocycles. The zero-order valence-corrected chi connectivity index (χ0v) is 14.6. The smallest absolute Gasteiger partial charge is 0.310 e. The summed E-state index contributed by atoms with van der Waals surface area (Å²) in [6.07, 6.45) is 5.42. The van der Waals surface area contributed by atoms with Crippen molar-refractivity contribution < 1.29 is 9.53 Å². The number of carbonyl (C=O) groups is 1. The highest BCUT2D eigenvalue weighted by Crippen LogP contribution is 2.30. The SMILES string of the molecule is CC(C)COC(=O)Cc1ccc2nc(NC3CCCC3)sc2c1. The first-order valence-corrected chi connectivity index (χ1v) is 9.23. The molecule has 1 heterocycles. The molecule has 0 spiro atoms. The zero-order chi connectivity index (χ0) is 16.2. The Labute approximate surface area is 141 Å². The number of anilines is 1. The summed E-state index contributed by atoms with van der Waals surface area (Å²) in [5.41, 5.74) is 1.98. The molecule has 0 radical (unpaired) electrons. The van der Waals surface area contributed by atoms with Crippen molar-refractivity contribution >= 4 is 32.7 Å². The largest absolute Gasteiger partial charge is 0.465 e. The van der Waals surface area contributed by atoms with Crippen LogP contribution in [0.3, 0.4) is 0 Å². The van der Waals surface area contributed by atoms with Crippen LogP contribution in [0.25, 0.3) is 10.2 Å². The highest BCUT2D eigenvalue weighted by molar-refractivity contribution is 7.22. The van der Waals surface area contributed by atoms with Crippen LogP contribution in [0.4, 0.5) is 5.13 Å². The van der Waals surface area contributed by atoms with Gasteiger partial charge in [0.05, 0.1) is 23.2 Å². The van der Waals surface area contributed by atoms with Crippen LogP contribution in [0.2, 0.25) is 0 Å². The Morgan fingerprint density at radius 2 is 2.17 bits per heavy atom. The number of nitrogens with one attached hydrogen (secondary N) is 1. The van der Waals surface area contributed by atoms with Crippen molar-refractivity contribution in [2.45, 2.75) is 52.0 Å². The number of rotatable bonds is 6. The minimum Gasteiger partial charge on any atom is -0.465 e. The minimum atomic E-state index is -0.160. The van der Waals surface area contributed by atoms with Crippen LogP contribution in [0.1, 0.15) is 45.1 Å². The number of nitrogens with zero attached hydrogens (tertiary/aromatic N) is 1. The maximum atomic E-state index is 11.8. The zero-order valence-electron chi connectivity index (χ0n) is 13.8. The molecule has 1 aliphatic carbocycles. The molecule has 1 aliphatic rings. The molecular weight excluding hydrogens is 308 g/mol. The van der Waals surface area contributed by atoms with Crippen molar-refractivity contribution in [3.63, 3.8) is 0 Å². The third kappa shape index (κ3) is 4.44. The number of carbonyl (C=O) groups excluding carboxylic acids is 1. The van der Waals surface area contributed by atoms with Gasteiger partial charge in [-0.2, -0.15) is 0 Å². The van der Waals surface area contributed by atoms with E-state index in [9.17, 15) is 4.79 Å². The summed E-state index contributed by atoms with van der Waals surface area (Å²) in [5.74, 6) is 0.207. The quantitative estimate of drug-likeness (QED) is 0.797. The van der Waals surface area contributed by atoms with E-state index < -0.39 is 0 Å². The normalized spacial score (nSPS) is 15.4. The van der Waals surface area contributed by atoms with Gasteiger partial charge in [-0.3, -0.25) is 4.79 Å². The Bertz CT molecular complexity index is 675. The molecule has 1 aromatic carbocycles. The molecule has 1 aromatic heterocycles. The molecule has 1 N–H and O–H groups in total. The number of hydrogen-bond acceptors (Lipinski definition) is 5. The molecule has 0 amide bonds. The van der Waals surface area contributed by atoms with Crippen LogP contribution >= 0.6 is 11.3 Å². The Morgan fingerprint density at radius 1 is 1.39 bits per heavy atom. The number of aromatic nitrogens is 1. The maximum absolute atomic E-state index is 11.8. The van der Waals surface area contributed by atoms with E-state index in [1.54, 1.807) is 11.3 Å². The number of ether oxygens (including phenoxy) is 1. The summed E-state index contributed by atoms with van der Waals surface area (Å²) in [7, 11) is 0. The molecule has 0 atom stereocenters. The molecule has 1 saturated carbocycles. The summed E-state index contributed by atoms with van der Waals surface area (Å²) in [6.45, 7) is 4.56. The lowest BCUT2D eigenvalue weighted by Gasteiger charge is -2.09. The lowest BCUT2D eigenvalue weighted by atomic mass is 10.1. The molecule has 1 fully saturated rings. The lowest BCUT2D eigenvalue weighted by Crippen LogP contribution is -2.13. The molecule has 0 aliphatic heterocycles. The van der Waals surface area contributed by atoms with Gasteiger partial charge >= 0.3 is 5.97 Å². The minimum absolute atomic E-state index is 0.160. The Hall–Kier alpha value is -1.62. The van der Waals surface area contributed by atoms with Crippen LogP contribution in [0.15, 0.2) is 18.2 Å². The topological polar surface area (TPSA) is 51.2 Å². The molecular formula is C18H24N2O2S. The second-order valence-corrected chi connectivity index (χ2v) is 7.73. The van der Waals surface area contributed by atoms with Crippen molar-refractivity contribution in [2.75, 3.05) is 11.9 Å². The maximum Gasteiger partial charge on any atom is 0.310 e. The molecule has 5 heteroatoms. The first kappa shape index (κ1) is 16.2. The van der Waals surface area contributed by atoms with Crippen LogP contribution in [-0.2, 0) is 16.0 Å². The summed E-state index contributed by atoms with van der Waals surface area (Å²) in [6, 6.07) is 6.60. The first-order chi connectivity index (χ1) is 11.1. The van der Waals surface area contributed by atoms with E-state index >= 15 is 0 Å². The highest BCUT2D eigenvalue weighted by Gasteiger charge is 2.16. The first-order valence-electron chi connectivity index (χ1n) is 8.42. The van der Waals surface area contributed by atoms with Gasteiger partial charge in [0, 0.05) is 6.04 Å². The fraction of sp³-hybridized carbons (Fsp3) is 0.556. The second kappa shape index (κ2) is 7.30. The number of benzene rings is 1. The molecule has 124 valence electrons. The number of esters is 1. The van der Waals surface area contributed by atoms with E-state index in [0.717, 1.165) is 20.9 Å². The molecule has 0 bridgehead atoms. The van der Waals surface area contributed by atoms with Gasteiger partial charge in [-0.05, 0) is 36.5 Å². The van der Waals surface area contributed by atoms with Crippen molar-refractivity contribution in [3.05, 3.63) is 23.8 Å². The summed E-state index contributed by atoms with van der Waals surface area (Å²) < 4.78 is 6.37. The number of thiazole rings is 1. The van der Waals surface area contributed by atoms with Gasteiger partial charge in [0.1, 0.15) is 0 Å². The third-order valence-corrected chi connectivity index (χ3v) is 5.01. The van der Waals surface area contributed by atoms with Crippen LogP contribution in [0.5, 0.6) is 0 Å². The van der Waals surface area contributed by atoms with Gasteiger partial charge in [0.25, 0.3) is 0 Å². The molecule has 0 unspecified atom stereocenters. The monoisotopic (exact) mass is 332 g/mol. The van der Waals surface area contributed by atoms with Crippen LogP contribution in [0, 0.1) is 5.92 Å². The van der Waals surface area contributed by atoms with E-state index in [-0.39, 0.29) is 5.97 Å². The molecule has 3 rings (SSSR count). The predicted molar refractivity (Wildman–Crippen MR) is 95.0 cm³/mol. The lowest BCUT2D eigenvalue weighted by molar-refractivity contribution is -0.143. The average molecular weight is 332 g/mol. The predicted octanol–water partition coefficient (Wildman–Crippen LogP) is 4.39. The van der Waals surface area contributed by atoms with Gasteiger partial charge < -0.3 is 10.1 Å². The van der Waals surface area contributed by atoms with Gasteiger partial charge in [0.15, 0.2) is 5.13 Å². The average Bonchev–Trinajstić information content (AvgIpc) is 3.14. The Morgan fingerprint density at radius 3 is 2.91 bits per heavy atom. The van der Waals surface area contributed by atoms with Gasteiger partial charge in [-0.25, -0.2) is 4.98 Å². The van der Waals surface area contributed by atoms with Crippen LogP contribution in [-0.4, -0.2) is 23.6 Å². The summed E-state index contributed by atoms with van der Waals surface area (Å²) >= 11 is 1.67. The highest BCUT2D eigenvalue weighted by atomic mass is 32.1. The molecule has 4 nitrogen and oxygen atoms in total. The van der Waals surface area contributed by atoms with E-state index in [1.165, 1.54) is 25.7 Å². The number of hydrogen-bond donors (Lipinski definition) is 1. The van der Waals surface area contributed by atoms with E-state index in [0.29, 0.717) is 25.0 Å². The number of fused-ring (bicyclic) bond motifs is 1. The molecule has 23 heavy (non-hydrogen) atoms. The fourth-order valence-electron chi connectivity index (χ4n) is 2.86. The molecule has 2 aromatic rings. The van der Waals surface area contributed by atoms with E-state index in [4.69, 9.17) is 4.74 Å². The van der Waals surface area contributed by atoms with E-state index in [2.05, 4.69) is 16.4 Å². The fourth-order valence-corrected chi connectivity index (χ4v) is 3.87. The third-order valence-electron chi connectivity index (χ3n) is 4.06. The van der Waals surface area contributed by atoms with Crippen LogP contribution < -0.4 is 5.32 Å². The summed E-state index contributed by atoms with van der Waals surface area (Å²) in [4.78, 5) is 16.5. The van der Waals surface area contributed by atoms with Gasteiger partial charge in [0.2, 0.25) is 0 Å². The van der Waals surface area contributed by atoms with E-state index in [1.807, 2.05) is 26.0 Å². The van der Waals surface area contributed by atoms with Gasteiger partial charge in [-0.15, -0.1) is 0 Å². The van der Waals surface area contributed by atoms with Crippen molar-refractivity contribution in [1.82, 2.24) is 4.98 Å². The van der Waals surface area contributed by atoms with Crippen molar-refractivity contribution in [2.24, 2.45) is 5.92 Å². The van der Waals surface area contributed by atoms with Gasteiger partial charge in [-0.1, -0.05) is 44.1 Å². The Balaban J connectivity index is 1.65. The standard InChI is InChI=1S/C18H24N2O2S/c1-12(2)11-22-17(21)10-13-7-8-15-16(9-13)23-18(20-15)19-14-5-3-4-6-14/h7-9,12,14H,3-6,10-11H2,1-2H3,(H,19,20). The Kier molecular flexibility index (Phi) is 5.16. The van der Waals surface area contributed by atoms with Crippen molar-refractivity contribution in [1.29, 1.82) is 0 Å². The second-order valence-electron chi connectivity index (χ2n) is 6.70.